The van der Waals surface area contributed by atoms with Crippen LogP contribution in [-0.2, 0) is 13.0 Å². The normalized spacial score (nSPS) is 17.5. The number of hydrogen-bond acceptors (Lipinski definition) is 3. The topological polar surface area (TPSA) is 48.1 Å². The van der Waals surface area contributed by atoms with Gasteiger partial charge in [-0.3, -0.25) is 4.98 Å². The van der Waals surface area contributed by atoms with Gasteiger partial charge in [0.1, 0.15) is 12.4 Å². The highest BCUT2D eigenvalue weighted by atomic mass is 16.5. The molecule has 0 radical (unpaired) electrons. The molecule has 1 aliphatic carbocycles. The molecule has 0 amide bonds. The van der Waals surface area contributed by atoms with Gasteiger partial charge in [0, 0.05) is 24.0 Å². The van der Waals surface area contributed by atoms with Gasteiger partial charge in [-0.2, -0.15) is 0 Å². The Morgan fingerprint density at radius 3 is 3.11 bits per heavy atom. The first kappa shape index (κ1) is 11.2. The maximum atomic E-state index is 6.01. The van der Waals surface area contributed by atoms with Gasteiger partial charge in [-0.15, -0.1) is 0 Å². The van der Waals surface area contributed by atoms with Crippen molar-refractivity contribution in [1.29, 1.82) is 0 Å². The summed E-state index contributed by atoms with van der Waals surface area (Å²) in [6.45, 7) is 0.554. The molecule has 3 rings (SSSR count). The Kier molecular flexibility index (Phi) is 2.99. The van der Waals surface area contributed by atoms with E-state index in [4.69, 9.17) is 10.5 Å². The van der Waals surface area contributed by atoms with Crippen molar-refractivity contribution in [1.82, 2.24) is 4.98 Å². The average molecular weight is 240 g/mol. The molecule has 92 valence electrons. The van der Waals surface area contributed by atoms with Crippen molar-refractivity contribution in [3.05, 3.63) is 59.4 Å². The summed E-state index contributed by atoms with van der Waals surface area (Å²) in [4.78, 5) is 4.07. The van der Waals surface area contributed by atoms with Crippen molar-refractivity contribution >= 4 is 0 Å². The van der Waals surface area contributed by atoms with Gasteiger partial charge < -0.3 is 10.5 Å². The van der Waals surface area contributed by atoms with Crippen molar-refractivity contribution in [2.24, 2.45) is 5.73 Å². The van der Waals surface area contributed by atoms with Gasteiger partial charge in [0.15, 0.2) is 0 Å². The molecular formula is C15H16N2O. The van der Waals surface area contributed by atoms with E-state index < -0.39 is 0 Å². The van der Waals surface area contributed by atoms with Crippen LogP contribution in [0.1, 0.15) is 29.2 Å². The monoisotopic (exact) mass is 240 g/mol. The minimum Gasteiger partial charge on any atom is -0.489 e. The fourth-order valence-corrected chi connectivity index (χ4v) is 2.37. The van der Waals surface area contributed by atoms with Crippen LogP contribution in [0.2, 0.25) is 0 Å². The number of fused-ring (bicyclic) bond motifs is 1. The van der Waals surface area contributed by atoms with E-state index in [1.54, 1.807) is 6.20 Å². The zero-order valence-corrected chi connectivity index (χ0v) is 10.2. The Hall–Kier alpha value is -1.87. The number of nitrogens with two attached hydrogens (primary N) is 1. The van der Waals surface area contributed by atoms with Gasteiger partial charge in [0.2, 0.25) is 0 Å². The zero-order valence-electron chi connectivity index (χ0n) is 10.2. The number of rotatable bonds is 3. The number of hydrogen-bond donors (Lipinski definition) is 1. The fraction of sp³-hybridized carbons (Fsp3) is 0.267. The Morgan fingerprint density at radius 2 is 2.28 bits per heavy atom. The van der Waals surface area contributed by atoms with Crippen molar-refractivity contribution < 1.29 is 4.74 Å². The minimum atomic E-state index is 0.201. The van der Waals surface area contributed by atoms with Crippen LogP contribution in [-0.4, -0.2) is 4.98 Å². The molecule has 2 aromatic rings. The summed E-state index contributed by atoms with van der Waals surface area (Å²) in [6.07, 6.45) is 5.69. The summed E-state index contributed by atoms with van der Waals surface area (Å²) >= 11 is 0. The number of benzene rings is 1. The summed E-state index contributed by atoms with van der Waals surface area (Å²) in [5.74, 6) is 0.909. The van der Waals surface area contributed by atoms with Gasteiger partial charge in [-0.05, 0) is 42.2 Å². The fourth-order valence-electron chi connectivity index (χ4n) is 2.37. The molecule has 1 heterocycles. The van der Waals surface area contributed by atoms with E-state index in [1.165, 1.54) is 11.1 Å². The third kappa shape index (κ3) is 2.22. The largest absolute Gasteiger partial charge is 0.489 e. The molecule has 0 aliphatic heterocycles. The molecule has 0 saturated heterocycles. The second kappa shape index (κ2) is 4.78. The number of nitrogens with zero attached hydrogens (tertiary/aromatic N) is 1. The standard InChI is InChI=1S/C15H16N2O/c16-15-6-3-12-8-13(4-5-14(12)15)18-10-11-2-1-7-17-9-11/h1-2,4-5,7-9,15H,3,6,10,16H2/t15-/m1/s1. The quantitative estimate of drug-likeness (QED) is 0.897. The molecule has 0 fully saturated rings. The summed E-state index contributed by atoms with van der Waals surface area (Å²) in [5.41, 5.74) is 9.68. The van der Waals surface area contributed by atoms with Gasteiger partial charge in [0.05, 0.1) is 0 Å². The molecule has 0 saturated carbocycles. The van der Waals surface area contributed by atoms with Crippen molar-refractivity contribution in [3.63, 3.8) is 0 Å². The van der Waals surface area contributed by atoms with Crippen molar-refractivity contribution in [2.75, 3.05) is 0 Å². The summed E-state index contributed by atoms with van der Waals surface area (Å²) in [7, 11) is 0. The second-order valence-electron chi connectivity index (χ2n) is 4.66. The highest BCUT2D eigenvalue weighted by molar-refractivity contribution is 5.40. The second-order valence-corrected chi connectivity index (χ2v) is 4.66. The van der Waals surface area contributed by atoms with E-state index in [0.29, 0.717) is 6.61 Å². The van der Waals surface area contributed by atoms with Crippen molar-refractivity contribution in [2.45, 2.75) is 25.5 Å². The highest BCUT2D eigenvalue weighted by Gasteiger charge is 2.18. The van der Waals surface area contributed by atoms with Gasteiger partial charge >= 0.3 is 0 Å². The lowest BCUT2D eigenvalue weighted by Gasteiger charge is -2.09. The van der Waals surface area contributed by atoms with Crippen LogP contribution < -0.4 is 10.5 Å². The lowest BCUT2D eigenvalue weighted by atomic mass is 10.1. The molecule has 1 aliphatic rings. The molecule has 3 heteroatoms. The van der Waals surface area contributed by atoms with E-state index in [9.17, 15) is 0 Å². The Morgan fingerprint density at radius 1 is 1.33 bits per heavy atom. The zero-order chi connectivity index (χ0) is 12.4. The highest BCUT2D eigenvalue weighted by Crippen LogP contribution is 2.31. The van der Waals surface area contributed by atoms with Crippen LogP contribution in [0.25, 0.3) is 0 Å². The molecule has 0 spiro atoms. The molecule has 2 N–H and O–H groups in total. The maximum Gasteiger partial charge on any atom is 0.120 e. The predicted octanol–water partition coefficient (Wildman–Crippen LogP) is 2.61. The Labute approximate surface area is 107 Å². The predicted molar refractivity (Wildman–Crippen MR) is 70.3 cm³/mol. The SMILES string of the molecule is N[C@@H]1CCc2cc(OCc3cccnc3)ccc21. The lowest BCUT2D eigenvalue weighted by Crippen LogP contribution is -2.05. The number of aryl methyl sites for hydroxylation is 1. The summed E-state index contributed by atoms with van der Waals surface area (Å²) in [6, 6.07) is 10.3. The average Bonchev–Trinajstić information content (AvgIpc) is 2.79. The van der Waals surface area contributed by atoms with Gasteiger partial charge in [-0.25, -0.2) is 0 Å². The molecule has 0 bridgehead atoms. The number of pyridine rings is 1. The van der Waals surface area contributed by atoms with Crippen molar-refractivity contribution in [3.8, 4) is 5.75 Å². The van der Waals surface area contributed by atoms with Crippen LogP contribution in [0.15, 0.2) is 42.7 Å². The van der Waals surface area contributed by atoms with Crippen LogP contribution in [0.3, 0.4) is 0 Å². The maximum absolute atomic E-state index is 6.01. The van der Waals surface area contributed by atoms with Crippen LogP contribution in [0, 0.1) is 0 Å². The lowest BCUT2D eigenvalue weighted by molar-refractivity contribution is 0.305. The summed E-state index contributed by atoms with van der Waals surface area (Å²) < 4.78 is 5.77. The van der Waals surface area contributed by atoms with E-state index in [0.717, 1.165) is 24.2 Å². The van der Waals surface area contributed by atoms with Gasteiger partial charge in [0.25, 0.3) is 0 Å². The first-order valence-electron chi connectivity index (χ1n) is 6.23. The molecule has 1 aromatic carbocycles. The molecule has 1 atom stereocenters. The minimum absolute atomic E-state index is 0.201. The van der Waals surface area contributed by atoms with Crippen LogP contribution >= 0.6 is 0 Å². The molecule has 0 unspecified atom stereocenters. The third-order valence-electron chi connectivity index (χ3n) is 3.37. The Balaban J connectivity index is 1.71. The molecule has 3 nitrogen and oxygen atoms in total. The van der Waals surface area contributed by atoms with Crippen LogP contribution in [0.4, 0.5) is 0 Å². The molecule has 18 heavy (non-hydrogen) atoms. The van der Waals surface area contributed by atoms with E-state index in [2.05, 4.69) is 17.1 Å². The smallest absolute Gasteiger partial charge is 0.120 e. The molecular weight excluding hydrogens is 224 g/mol. The number of aromatic nitrogens is 1. The van der Waals surface area contributed by atoms with Crippen LogP contribution in [0.5, 0.6) is 5.75 Å². The van der Waals surface area contributed by atoms with E-state index >= 15 is 0 Å². The number of ether oxygens (including phenoxy) is 1. The van der Waals surface area contributed by atoms with E-state index in [1.807, 2.05) is 24.4 Å². The molecule has 1 aromatic heterocycles. The third-order valence-corrected chi connectivity index (χ3v) is 3.37. The first-order chi connectivity index (χ1) is 8.83. The first-order valence-corrected chi connectivity index (χ1v) is 6.23. The van der Waals surface area contributed by atoms with Gasteiger partial charge in [-0.1, -0.05) is 12.1 Å². The summed E-state index contributed by atoms with van der Waals surface area (Å²) in [5, 5.41) is 0. The Bertz CT molecular complexity index is 539. The van der Waals surface area contributed by atoms with E-state index in [-0.39, 0.29) is 6.04 Å².